The van der Waals surface area contributed by atoms with Gasteiger partial charge in [0.25, 0.3) is 5.91 Å². The summed E-state index contributed by atoms with van der Waals surface area (Å²) >= 11 is 0. The Labute approximate surface area is 79.5 Å². The van der Waals surface area contributed by atoms with E-state index >= 15 is 0 Å². The first-order valence-electron chi connectivity index (χ1n) is 5.01. The third-order valence-corrected chi connectivity index (χ3v) is 2.58. The smallest absolute Gasteiger partial charge is 0.251 e. The van der Waals surface area contributed by atoms with Gasteiger partial charge in [0, 0.05) is 6.54 Å². The number of nitrogens with one attached hydrogen (secondary N) is 1. The number of aliphatic hydroxyl groups is 1. The van der Waals surface area contributed by atoms with Gasteiger partial charge in [0.05, 0.1) is 0 Å². The molecule has 3 nitrogen and oxygen atoms in total. The zero-order valence-electron chi connectivity index (χ0n) is 8.47. The van der Waals surface area contributed by atoms with Crippen molar-refractivity contribution in [1.29, 1.82) is 0 Å². The Hall–Kier alpha value is -0.570. The highest BCUT2D eigenvalue weighted by Crippen LogP contribution is 2.23. The van der Waals surface area contributed by atoms with Crippen LogP contribution in [0.25, 0.3) is 0 Å². The van der Waals surface area contributed by atoms with Gasteiger partial charge in [-0.1, -0.05) is 12.8 Å². The molecule has 1 amide bonds. The number of carbonyl (C=O) groups excluding carboxylic acids is 1. The van der Waals surface area contributed by atoms with Crippen LogP contribution in [0.4, 0.5) is 0 Å². The van der Waals surface area contributed by atoms with Gasteiger partial charge in [-0.2, -0.15) is 0 Å². The van der Waals surface area contributed by atoms with Gasteiger partial charge in [-0.25, -0.2) is 0 Å². The third kappa shape index (κ3) is 3.35. The summed E-state index contributed by atoms with van der Waals surface area (Å²) < 4.78 is 0. The molecule has 1 aliphatic rings. The lowest BCUT2D eigenvalue weighted by molar-refractivity contribution is -0.136. The van der Waals surface area contributed by atoms with E-state index < -0.39 is 5.60 Å². The molecule has 0 aromatic carbocycles. The number of amides is 1. The molecule has 0 heterocycles. The molecule has 13 heavy (non-hydrogen) atoms. The minimum Gasteiger partial charge on any atom is -0.381 e. The van der Waals surface area contributed by atoms with Crippen molar-refractivity contribution in [3.05, 3.63) is 0 Å². The Morgan fingerprint density at radius 2 is 2.00 bits per heavy atom. The van der Waals surface area contributed by atoms with Crippen molar-refractivity contribution < 1.29 is 9.90 Å². The summed E-state index contributed by atoms with van der Waals surface area (Å²) in [5.41, 5.74) is -1.24. The van der Waals surface area contributed by atoms with Crippen LogP contribution in [-0.4, -0.2) is 23.2 Å². The van der Waals surface area contributed by atoms with Crippen LogP contribution in [0.2, 0.25) is 0 Å². The molecule has 2 N–H and O–H groups in total. The maximum Gasteiger partial charge on any atom is 0.251 e. The average Bonchev–Trinajstić information content (AvgIpc) is 2.50. The Bertz CT molecular complexity index is 178. The van der Waals surface area contributed by atoms with Gasteiger partial charge >= 0.3 is 0 Å². The predicted octanol–water partition coefficient (Wildman–Crippen LogP) is 1.06. The molecule has 0 aliphatic heterocycles. The van der Waals surface area contributed by atoms with Crippen molar-refractivity contribution >= 4 is 5.91 Å². The van der Waals surface area contributed by atoms with E-state index in [1.54, 1.807) is 0 Å². The van der Waals surface area contributed by atoms with E-state index in [-0.39, 0.29) is 5.91 Å². The Morgan fingerprint density at radius 1 is 1.46 bits per heavy atom. The average molecular weight is 185 g/mol. The fraction of sp³-hybridized carbons (Fsp3) is 0.900. The van der Waals surface area contributed by atoms with Crippen LogP contribution < -0.4 is 5.32 Å². The van der Waals surface area contributed by atoms with E-state index in [1.165, 1.54) is 39.5 Å². The molecule has 1 saturated carbocycles. The lowest BCUT2D eigenvalue weighted by Gasteiger charge is -2.18. The van der Waals surface area contributed by atoms with Gasteiger partial charge < -0.3 is 10.4 Å². The first kappa shape index (κ1) is 10.5. The molecule has 1 rings (SSSR count). The molecule has 76 valence electrons. The quantitative estimate of drug-likeness (QED) is 0.691. The Kier molecular flexibility index (Phi) is 3.31. The second kappa shape index (κ2) is 4.09. The van der Waals surface area contributed by atoms with E-state index in [9.17, 15) is 9.90 Å². The van der Waals surface area contributed by atoms with Crippen molar-refractivity contribution in [2.24, 2.45) is 5.92 Å². The molecule has 1 fully saturated rings. The predicted molar refractivity (Wildman–Crippen MR) is 51.3 cm³/mol. The maximum atomic E-state index is 11.3. The highest BCUT2D eigenvalue weighted by atomic mass is 16.3. The van der Waals surface area contributed by atoms with Crippen LogP contribution >= 0.6 is 0 Å². The van der Waals surface area contributed by atoms with E-state index in [0.717, 1.165) is 6.54 Å². The van der Waals surface area contributed by atoms with Crippen LogP contribution in [0.3, 0.4) is 0 Å². The largest absolute Gasteiger partial charge is 0.381 e. The minimum absolute atomic E-state index is 0.264. The Morgan fingerprint density at radius 3 is 2.46 bits per heavy atom. The van der Waals surface area contributed by atoms with Crippen molar-refractivity contribution in [2.45, 2.75) is 45.1 Å². The van der Waals surface area contributed by atoms with Gasteiger partial charge in [0.1, 0.15) is 5.60 Å². The molecule has 3 heteroatoms. The van der Waals surface area contributed by atoms with E-state index in [4.69, 9.17) is 0 Å². The summed E-state index contributed by atoms with van der Waals surface area (Å²) in [7, 11) is 0. The second-order valence-electron chi connectivity index (χ2n) is 4.42. The molecular formula is C10H19NO2. The van der Waals surface area contributed by atoms with Crippen molar-refractivity contribution in [2.75, 3.05) is 6.54 Å². The zero-order chi connectivity index (χ0) is 9.90. The molecule has 0 bridgehead atoms. The summed E-state index contributed by atoms with van der Waals surface area (Å²) in [6.07, 6.45) is 4.99. The SMILES string of the molecule is CC(C)(O)C(=O)NCC1CCCC1. The van der Waals surface area contributed by atoms with Crippen molar-refractivity contribution in [3.8, 4) is 0 Å². The summed E-state index contributed by atoms with van der Waals surface area (Å²) in [6.45, 7) is 3.75. The monoisotopic (exact) mass is 185 g/mol. The normalized spacial score (nSPS) is 19.0. The topological polar surface area (TPSA) is 49.3 Å². The fourth-order valence-corrected chi connectivity index (χ4v) is 1.67. The standard InChI is InChI=1S/C10H19NO2/c1-10(2,13)9(12)11-7-8-5-3-4-6-8/h8,13H,3-7H2,1-2H3,(H,11,12). The molecule has 0 spiro atoms. The van der Waals surface area contributed by atoms with Gasteiger partial charge in [-0.3, -0.25) is 4.79 Å². The number of rotatable bonds is 3. The first-order valence-corrected chi connectivity index (χ1v) is 5.01. The van der Waals surface area contributed by atoms with Gasteiger partial charge in [-0.15, -0.1) is 0 Å². The second-order valence-corrected chi connectivity index (χ2v) is 4.42. The van der Waals surface area contributed by atoms with E-state index in [2.05, 4.69) is 5.32 Å². The molecule has 0 radical (unpaired) electrons. The number of carbonyl (C=O) groups is 1. The van der Waals surface area contributed by atoms with Crippen LogP contribution in [0.1, 0.15) is 39.5 Å². The van der Waals surface area contributed by atoms with Gasteiger partial charge in [0.2, 0.25) is 0 Å². The number of hydrogen-bond donors (Lipinski definition) is 2. The highest BCUT2D eigenvalue weighted by molar-refractivity contribution is 5.83. The summed E-state index contributed by atoms with van der Waals surface area (Å²) in [6, 6.07) is 0. The molecule has 0 atom stereocenters. The summed E-state index contributed by atoms with van der Waals surface area (Å²) in [5.74, 6) is 0.366. The fourth-order valence-electron chi connectivity index (χ4n) is 1.67. The van der Waals surface area contributed by atoms with Crippen molar-refractivity contribution in [3.63, 3.8) is 0 Å². The molecule has 0 saturated heterocycles. The molecule has 0 unspecified atom stereocenters. The first-order chi connectivity index (χ1) is 6.00. The Balaban J connectivity index is 2.22. The van der Waals surface area contributed by atoms with Crippen LogP contribution in [0, 0.1) is 5.92 Å². The maximum absolute atomic E-state index is 11.3. The van der Waals surface area contributed by atoms with Gasteiger partial charge in [0.15, 0.2) is 0 Å². The molecule has 1 aliphatic carbocycles. The van der Waals surface area contributed by atoms with Gasteiger partial charge in [-0.05, 0) is 32.6 Å². The summed E-state index contributed by atoms with van der Waals surface area (Å²) in [4.78, 5) is 11.3. The highest BCUT2D eigenvalue weighted by Gasteiger charge is 2.24. The molecule has 0 aromatic heterocycles. The van der Waals surface area contributed by atoms with Crippen molar-refractivity contribution in [1.82, 2.24) is 5.32 Å². The minimum atomic E-state index is -1.24. The lowest BCUT2D eigenvalue weighted by Crippen LogP contribution is -2.43. The molecule has 0 aromatic rings. The van der Waals surface area contributed by atoms with E-state index in [1.807, 2.05) is 0 Å². The number of hydrogen-bond acceptors (Lipinski definition) is 2. The zero-order valence-corrected chi connectivity index (χ0v) is 8.47. The van der Waals surface area contributed by atoms with Crippen LogP contribution in [0.15, 0.2) is 0 Å². The molecular weight excluding hydrogens is 166 g/mol. The lowest BCUT2D eigenvalue weighted by atomic mass is 10.1. The van der Waals surface area contributed by atoms with Crippen LogP contribution in [0.5, 0.6) is 0 Å². The summed E-state index contributed by atoms with van der Waals surface area (Å²) in [5, 5.41) is 12.1. The van der Waals surface area contributed by atoms with E-state index in [0.29, 0.717) is 5.92 Å². The third-order valence-electron chi connectivity index (χ3n) is 2.58. The van der Waals surface area contributed by atoms with Crippen LogP contribution in [-0.2, 0) is 4.79 Å².